The highest BCUT2D eigenvalue weighted by molar-refractivity contribution is 8.18. The second-order valence-electron chi connectivity index (χ2n) is 7.53. The van der Waals surface area contributed by atoms with Crippen molar-refractivity contribution in [1.82, 2.24) is 19.5 Å². The van der Waals surface area contributed by atoms with Gasteiger partial charge in [0, 0.05) is 38.6 Å². The first-order valence-electron chi connectivity index (χ1n) is 10.6. The highest BCUT2D eigenvalue weighted by Crippen LogP contribution is 2.31. The summed E-state index contributed by atoms with van der Waals surface area (Å²) in [6, 6.07) is 6.44. The molecule has 35 heavy (non-hydrogen) atoms. The maximum Gasteiger partial charge on any atom is 0.293 e. The molecule has 0 saturated carbocycles. The number of nitrogens with one attached hydrogen (secondary N) is 1. The van der Waals surface area contributed by atoms with Crippen LogP contribution in [0.5, 0.6) is 0 Å². The molecule has 1 aromatic heterocycles. The predicted octanol–water partition coefficient (Wildman–Crippen LogP) is 1.71. The van der Waals surface area contributed by atoms with E-state index in [1.54, 1.807) is 30.6 Å². The number of hydrogen-bond acceptors (Lipinski definition) is 8. The molecule has 0 aliphatic carbocycles. The number of carbonyl (C=O) groups is 3. The summed E-state index contributed by atoms with van der Waals surface area (Å²) in [6.45, 7) is 0.548. The standard InChI is InChI=1S/C22H21FN4O6S2/c23-18-4-3-16(35(31,32)26-8-10-33-11-9-26)13-17(18)20(28)25-6-7-27-21(29)19(34-22(27)30)12-15-2-1-5-24-14-15/h1-5,12-14H,6-11H2,(H,25,28)/b19-12+. The van der Waals surface area contributed by atoms with Crippen LogP contribution in [0, 0.1) is 5.82 Å². The summed E-state index contributed by atoms with van der Waals surface area (Å²) in [4.78, 5) is 42.3. The fourth-order valence-electron chi connectivity index (χ4n) is 3.46. The predicted molar refractivity (Wildman–Crippen MR) is 125 cm³/mol. The van der Waals surface area contributed by atoms with Crippen molar-refractivity contribution >= 4 is 44.9 Å². The van der Waals surface area contributed by atoms with Gasteiger partial charge in [0.25, 0.3) is 17.1 Å². The third kappa shape index (κ3) is 5.59. The van der Waals surface area contributed by atoms with E-state index in [2.05, 4.69) is 10.3 Å². The van der Waals surface area contributed by atoms with Gasteiger partial charge in [-0.1, -0.05) is 6.07 Å². The fraction of sp³-hybridized carbons (Fsp3) is 0.273. The van der Waals surface area contributed by atoms with E-state index < -0.39 is 38.5 Å². The molecule has 0 bridgehead atoms. The van der Waals surface area contributed by atoms with Gasteiger partial charge >= 0.3 is 0 Å². The first-order valence-corrected chi connectivity index (χ1v) is 12.8. The van der Waals surface area contributed by atoms with E-state index in [1.807, 2.05) is 0 Å². The van der Waals surface area contributed by atoms with E-state index in [9.17, 15) is 27.2 Å². The smallest absolute Gasteiger partial charge is 0.293 e. The number of amides is 3. The Kier molecular flexibility index (Phi) is 7.60. The van der Waals surface area contributed by atoms with Gasteiger partial charge in [-0.25, -0.2) is 12.8 Å². The monoisotopic (exact) mass is 520 g/mol. The second-order valence-corrected chi connectivity index (χ2v) is 10.5. The van der Waals surface area contributed by atoms with Crippen LogP contribution in [-0.4, -0.2) is 79.1 Å². The molecular formula is C22H21FN4O6S2. The van der Waals surface area contributed by atoms with Crippen LogP contribution in [0.25, 0.3) is 6.08 Å². The molecule has 10 nitrogen and oxygen atoms in total. The molecule has 0 unspecified atom stereocenters. The minimum absolute atomic E-state index is 0.131. The highest BCUT2D eigenvalue weighted by Gasteiger charge is 2.35. The average Bonchev–Trinajstić information content (AvgIpc) is 3.12. The number of aromatic nitrogens is 1. The number of hydrogen-bond donors (Lipinski definition) is 1. The average molecular weight is 521 g/mol. The summed E-state index contributed by atoms with van der Waals surface area (Å²) in [5.74, 6) is -2.27. The van der Waals surface area contributed by atoms with Crippen molar-refractivity contribution in [1.29, 1.82) is 0 Å². The van der Waals surface area contributed by atoms with Crippen LogP contribution < -0.4 is 5.32 Å². The number of pyridine rings is 1. The Morgan fingerprint density at radius 1 is 1.23 bits per heavy atom. The topological polar surface area (TPSA) is 126 Å². The SMILES string of the molecule is O=C(NCCN1C(=O)S/C(=C/c2cccnc2)C1=O)c1cc(S(=O)(=O)N2CCOCC2)ccc1F. The molecule has 2 saturated heterocycles. The number of rotatable bonds is 7. The van der Waals surface area contributed by atoms with Crippen molar-refractivity contribution in [3.63, 3.8) is 0 Å². The van der Waals surface area contributed by atoms with Gasteiger partial charge in [0.15, 0.2) is 0 Å². The first kappa shape index (κ1) is 25.0. The molecule has 13 heteroatoms. The maximum absolute atomic E-state index is 14.3. The van der Waals surface area contributed by atoms with E-state index in [0.717, 1.165) is 34.9 Å². The summed E-state index contributed by atoms with van der Waals surface area (Å²) in [7, 11) is -3.92. The lowest BCUT2D eigenvalue weighted by molar-refractivity contribution is -0.122. The molecular weight excluding hydrogens is 499 g/mol. The van der Waals surface area contributed by atoms with Crippen LogP contribution >= 0.6 is 11.8 Å². The van der Waals surface area contributed by atoms with Crippen LogP contribution in [0.4, 0.5) is 9.18 Å². The maximum atomic E-state index is 14.3. The Morgan fingerprint density at radius 3 is 2.71 bits per heavy atom. The van der Waals surface area contributed by atoms with Crippen molar-refractivity contribution in [2.75, 3.05) is 39.4 Å². The Balaban J connectivity index is 1.40. The molecule has 4 rings (SSSR count). The molecule has 2 aliphatic rings. The summed E-state index contributed by atoms with van der Waals surface area (Å²) in [5.41, 5.74) is 0.207. The molecule has 2 aromatic rings. The van der Waals surface area contributed by atoms with Crippen LogP contribution in [0.1, 0.15) is 15.9 Å². The molecule has 1 aromatic carbocycles. The summed E-state index contributed by atoms with van der Waals surface area (Å²) < 4.78 is 46.3. The largest absolute Gasteiger partial charge is 0.379 e. The normalized spacial score (nSPS) is 18.3. The highest BCUT2D eigenvalue weighted by atomic mass is 32.2. The fourth-order valence-corrected chi connectivity index (χ4v) is 5.76. The molecule has 1 N–H and O–H groups in total. The quantitative estimate of drug-likeness (QED) is 0.547. The molecule has 0 radical (unpaired) electrons. The van der Waals surface area contributed by atoms with Crippen molar-refractivity contribution < 1.29 is 31.9 Å². The number of morpholine rings is 1. The minimum atomic E-state index is -3.92. The summed E-state index contributed by atoms with van der Waals surface area (Å²) in [5, 5.41) is 1.94. The lowest BCUT2D eigenvalue weighted by Gasteiger charge is -2.26. The molecule has 2 fully saturated rings. The minimum Gasteiger partial charge on any atom is -0.379 e. The van der Waals surface area contributed by atoms with Crippen LogP contribution in [0.2, 0.25) is 0 Å². The zero-order valence-corrected chi connectivity index (χ0v) is 20.0. The Hall–Kier alpha value is -3.13. The van der Waals surface area contributed by atoms with Gasteiger partial charge in [-0.2, -0.15) is 4.31 Å². The zero-order chi connectivity index (χ0) is 25.0. The molecule has 184 valence electrons. The Bertz CT molecular complexity index is 1280. The van der Waals surface area contributed by atoms with E-state index in [-0.39, 0.29) is 49.2 Å². The number of carbonyl (C=O) groups excluding carboxylic acids is 3. The number of ether oxygens (including phenoxy) is 1. The third-order valence-corrected chi connectivity index (χ3v) is 8.07. The van der Waals surface area contributed by atoms with Gasteiger partial charge < -0.3 is 10.1 Å². The van der Waals surface area contributed by atoms with Gasteiger partial charge in [-0.05, 0) is 47.7 Å². The van der Waals surface area contributed by atoms with Crippen molar-refractivity contribution in [3.8, 4) is 0 Å². The Labute approximate surface area is 205 Å². The van der Waals surface area contributed by atoms with E-state index >= 15 is 0 Å². The van der Waals surface area contributed by atoms with Gasteiger partial charge in [0.05, 0.1) is 28.6 Å². The number of halogens is 1. The van der Waals surface area contributed by atoms with Crippen molar-refractivity contribution in [2.45, 2.75) is 4.90 Å². The van der Waals surface area contributed by atoms with Gasteiger partial charge in [0.2, 0.25) is 10.0 Å². The molecule has 3 amide bonds. The Morgan fingerprint density at radius 2 is 2.00 bits per heavy atom. The number of imide groups is 1. The first-order chi connectivity index (χ1) is 16.8. The lowest BCUT2D eigenvalue weighted by atomic mass is 10.2. The third-order valence-electron chi connectivity index (χ3n) is 5.27. The van der Waals surface area contributed by atoms with E-state index in [1.165, 1.54) is 4.31 Å². The molecule has 3 heterocycles. The summed E-state index contributed by atoms with van der Waals surface area (Å²) in [6.07, 6.45) is 4.69. The number of thioether (sulfide) groups is 1. The van der Waals surface area contributed by atoms with Crippen molar-refractivity contribution in [3.05, 3.63) is 64.6 Å². The zero-order valence-electron chi connectivity index (χ0n) is 18.3. The van der Waals surface area contributed by atoms with Gasteiger partial charge in [0.1, 0.15) is 5.82 Å². The number of sulfonamides is 1. The summed E-state index contributed by atoms with van der Waals surface area (Å²) >= 11 is 0.770. The molecule has 0 spiro atoms. The van der Waals surface area contributed by atoms with E-state index in [4.69, 9.17) is 4.74 Å². The number of nitrogens with zero attached hydrogens (tertiary/aromatic N) is 3. The van der Waals surface area contributed by atoms with Crippen molar-refractivity contribution in [2.24, 2.45) is 0 Å². The van der Waals surface area contributed by atoms with Crippen LogP contribution in [0.15, 0.2) is 52.5 Å². The molecule has 2 aliphatic heterocycles. The van der Waals surface area contributed by atoms with E-state index in [0.29, 0.717) is 5.56 Å². The van der Waals surface area contributed by atoms with Crippen LogP contribution in [0.3, 0.4) is 0 Å². The number of benzene rings is 1. The molecule has 0 atom stereocenters. The van der Waals surface area contributed by atoms with Crippen LogP contribution in [-0.2, 0) is 19.6 Å². The lowest BCUT2D eigenvalue weighted by Crippen LogP contribution is -2.40. The van der Waals surface area contributed by atoms with Gasteiger partial charge in [-0.15, -0.1) is 0 Å². The van der Waals surface area contributed by atoms with Gasteiger partial charge in [-0.3, -0.25) is 24.3 Å². The second kappa shape index (κ2) is 10.6.